The van der Waals surface area contributed by atoms with Gasteiger partial charge in [-0.2, -0.15) is 5.10 Å². The van der Waals surface area contributed by atoms with Crippen molar-refractivity contribution in [3.05, 3.63) is 29.8 Å². The van der Waals surface area contributed by atoms with Crippen molar-refractivity contribution < 1.29 is 0 Å². The quantitative estimate of drug-likeness (QED) is 0.868. The van der Waals surface area contributed by atoms with Crippen LogP contribution in [0.2, 0.25) is 0 Å². The summed E-state index contributed by atoms with van der Waals surface area (Å²) in [5, 5.41) is 7.64. The van der Waals surface area contributed by atoms with Gasteiger partial charge in [0.2, 0.25) is 5.95 Å². The first-order chi connectivity index (χ1) is 8.20. The Bertz CT molecular complexity index is 521. The van der Waals surface area contributed by atoms with Gasteiger partial charge in [-0.15, -0.1) is 0 Å². The molecule has 1 saturated carbocycles. The van der Waals surface area contributed by atoms with Crippen LogP contribution in [0.3, 0.4) is 0 Å². The number of nitrogens with one attached hydrogen (secondary N) is 1. The van der Waals surface area contributed by atoms with Crippen molar-refractivity contribution in [2.24, 2.45) is 7.05 Å². The summed E-state index contributed by atoms with van der Waals surface area (Å²) in [6.45, 7) is 2.85. The molecule has 0 spiro atoms. The van der Waals surface area contributed by atoms with E-state index in [9.17, 15) is 0 Å². The number of aromatic nitrogens is 4. The van der Waals surface area contributed by atoms with Gasteiger partial charge in [-0.3, -0.25) is 4.68 Å². The molecule has 1 aliphatic carbocycles. The Morgan fingerprint density at radius 3 is 2.88 bits per heavy atom. The van der Waals surface area contributed by atoms with Crippen LogP contribution in [0.4, 0.5) is 5.95 Å². The van der Waals surface area contributed by atoms with E-state index in [1.165, 1.54) is 18.4 Å². The molecule has 1 N–H and O–H groups in total. The zero-order chi connectivity index (χ0) is 11.8. The maximum absolute atomic E-state index is 4.52. The predicted molar refractivity (Wildman–Crippen MR) is 65.9 cm³/mol. The Hall–Kier alpha value is -1.78. The highest BCUT2D eigenvalue weighted by atomic mass is 15.3. The van der Waals surface area contributed by atoms with Crippen molar-refractivity contribution in [2.45, 2.75) is 32.4 Å². The van der Waals surface area contributed by atoms with Gasteiger partial charge >= 0.3 is 0 Å². The van der Waals surface area contributed by atoms with Gasteiger partial charge in [0.1, 0.15) is 0 Å². The lowest BCUT2D eigenvalue weighted by Gasteiger charge is -2.07. The SMILES string of the molecule is Cc1cn(Cc2cnn(C)c2)c(NC2CC2)n1. The molecule has 0 radical (unpaired) electrons. The summed E-state index contributed by atoms with van der Waals surface area (Å²) in [7, 11) is 1.94. The lowest BCUT2D eigenvalue weighted by molar-refractivity contribution is 0.762. The van der Waals surface area contributed by atoms with Crippen LogP contribution in [0.25, 0.3) is 0 Å². The Morgan fingerprint density at radius 1 is 1.41 bits per heavy atom. The number of hydrogen-bond donors (Lipinski definition) is 1. The number of nitrogens with zero attached hydrogens (tertiary/aromatic N) is 4. The molecule has 5 nitrogen and oxygen atoms in total. The lowest BCUT2D eigenvalue weighted by atomic mass is 10.3. The first-order valence-electron chi connectivity index (χ1n) is 5.98. The molecule has 5 heteroatoms. The van der Waals surface area contributed by atoms with Crippen molar-refractivity contribution in [1.82, 2.24) is 19.3 Å². The minimum atomic E-state index is 0.629. The normalized spacial score (nSPS) is 15.2. The van der Waals surface area contributed by atoms with Crippen molar-refractivity contribution in [3.8, 4) is 0 Å². The maximum atomic E-state index is 4.52. The molecule has 1 aliphatic rings. The van der Waals surface area contributed by atoms with Crippen LogP contribution in [-0.2, 0) is 13.6 Å². The summed E-state index contributed by atoms with van der Waals surface area (Å²) in [6.07, 6.45) is 8.54. The Balaban J connectivity index is 1.80. The summed E-state index contributed by atoms with van der Waals surface area (Å²) in [4.78, 5) is 4.52. The molecular weight excluding hydrogens is 214 g/mol. The molecule has 2 aromatic rings. The summed E-state index contributed by atoms with van der Waals surface area (Å²) in [5.74, 6) is 0.980. The van der Waals surface area contributed by atoms with Crippen molar-refractivity contribution >= 4 is 5.95 Å². The van der Waals surface area contributed by atoms with Crippen LogP contribution >= 0.6 is 0 Å². The Labute approximate surface area is 100 Å². The van der Waals surface area contributed by atoms with Crippen LogP contribution < -0.4 is 5.32 Å². The fourth-order valence-electron chi connectivity index (χ4n) is 1.94. The average molecular weight is 231 g/mol. The van der Waals surface area contributed by atoms with E-state index in [0.717, 1.165) is 18.2 Å². The van der Waals surface area contributed by atoms with Gasteiger partial charge in [0.15, 0.2) is 0 Å². The molecule has 17 heavy (non-hydrogen) atoms. The zero-order valence-corrected chi connectivity index (χ0v) is 10.2. The van der Waals surface area contributed by atoms with Crippen LogP contribution in [0.1, 0.15) is 24.1 Å². The second-order valence-electron chi connectivity index (χ2n) is 4.77. The number of imidazole rings is 1. The van der Waals surface area contributed by atoms with Crippen molar-refractivity contribution in [2.75, 3.05) is 5.32 Å². The average Bonchev–Trinajstić information content (AvgIpc) is 2.89. The van der Waals surface area contributed by atoms with Crippen molar-refractivity contribution in [1.29, 1.82) is 0 Å². The van der Waals surface area contributed by atoms with E-state index >= 15 is 0 Å². The van der Waals surface area contributed by atoms with Crippen LogP contribution in [0.5, 0.6) is 0 Å². The molecule has 0 bridgehead atoms. The number of rotatable bonds is 4. The second kappa shape index (κ2) is 3.91. The summed E-state index contributed by atoms with van der Waals surface area (Å²) in [6, 6.07) is 0.629. The minimum absolute atomic E-state index is 0.629. The van der Waals surface area contributed by atoms with E-state index < -0.39 is 0 Å². The third-order valence-corrected chi connectivity index (χ3v) is 2.92. The van der Waals surface area contributed by atoms with Crippen LogP contribution in [0, 0.1) is 6.92 Å². The highest BCUT2D eigenvalue weighted by Gasteiger charge is 2.23. The molecule has 2 heterocycles. The molecule has 90 valence electrons. The van der Waals surface area contributed by atoms with Gasteiger partial charge in [0.05, 0.1) is 18.4 Å². The first kappa shape index (κ1) is 10.4. The Morgan fingerprint density at radius 2 is 2.24 bits per heavy atom. The van der Waals surface area contributed by atoms with E-state index in [1.54, 1.807) is 0 Å². The van der Waals surface area contributed by atoms with Crippen molar-refractivity contribution in [3.63, 3.8) is 0 Å². The monoisotopic (exact) mass is 231 g/mol. The predicted octanol–water partition coefficient (Wildman–Crippen LogP) is 1.55. The molecule has 2 aromatic heterocycles. The minimum Gasteiger partial charge on any atom is -0.353 e. The summed E-state index contributed by atoms with van der Waals surface area (Å²) >= 11 is 0. The molecule has 0 aromatic carbocycles. The summed E-state index contributed by atoms with van der Waals surface area (Å²) in [5.41, 5.74) is 2.25. The number of aryl methyl sites for hydroxylation is 2. The molecule has 0 amide bonds. The Kier molecular flexibility index (Phi) is 2.39. The van der Waals surface area contributed by atoms with E-state index in [1.807, 2.05) is 31.0 Å². The molecular formula is C12H17N5. The maximum Gasteiger partial charge on any atom is 0.203 e. The fourth-order valence-corrected chi connectivity index (χ4v) is 1.94. The molecule has 0 unspecified atom stereocenters. The van der Waals surface area contributed by atoms with E-state index in [0.29, 0.717) is 6.04 Å². The third kappa shape index (κ3) is 2.33. The second-order valence-corrected chi connectivity index (χ2v) is 4.77. The van der Waals surface area contributed by atoms with Gasteiger partial charge in [0.25, 0.3) is 0 Å². The van der Waals surface area contributed by atoms with E-state index in [2.05, 4.69) is 26.2 Å². The van der Waals surface area contributed by atoms with Gasteiger partial charge in [0, 0.05) is 31.0 Å². The number of anilines is 1. The zero-order valence-electron chi connectivity index (χ0n) is 10.2. The summed E-state index contributed by atoms with van der Waals surface area (Å²) < 4.78 is 3.98. The van der Waals surface area contributed by atoms with Gasteiger partial charge < -0.3 is 9.88 Å². The third-order valence-electron chi connectivity index (χ3n) is 2.92. The molecule has 0 atom stereocenters. The molecule has 0 aliphatic heterocycles. The smallest absolute Gasteiger partial charge is 0.203 e. The van der Waals surface area contributed by atoms with Gasteiger partial charge in [-0.1, -0.05) is 0 Å². The van der Waals surface area contributed by atoms with Crippen LogP contribution in [-0.4, -0.2) is 25.4 Å². The number of hydrogen-bond acceptors (Lipinski definition) is 3. The van der Waals surface area contributed by atoms with Gasteiger partial charge in [-0.05, 0) is 19.8 Å². The van der Waals surface area contributed by atoms with Crippen LogP contribution in [0.15, 0.2) is 18.6 Å². The lowest BCUT2D eigenvalue weighted by Crippen LogP contribution is -2.09. The molecule has 1 fully saturated rings. The highest BCUT2D eigenvalue weighted by molar-refractivity contribution is 5.33. The van der Waals surface area contributed by atoms with Gasteiger partial charge in [-0.25, -0.2) is 4.98 Å². The first-order valence-corrected chi connectivity index (χ1v) is 5.98. The topological polar surface area (TPSA) is 47.7 Å². The fraction of sp³-hybridized carbons (Fsp3) is 0.500. The highest BCUT2D eigenvalue weighted by Crippen LogP contribution is 2.24. The largest absolute Gasteiger partial charge is 0.353 e. The molecule has 0 saturated heterocycles. The standard InChI is InChI=1S/C12H17N5/c1-9-6-17(8-10-5-13-16(2)7-10)12(14-9)15-11-3-4-11/h5-7,11H,3-4,8H2,1-2H3,(H,14,15). The van der Waals surface area contributed by atoms with E-state index in [4.69, 9.17) is 0 Å². The van der Waals surface area contributed by atoms with E-state index in [-0.39, 0.29) is 0 Å². The molecule has 3 rings (SSSR count).